The van der Waals surface area contributed by atoms with Crippen LogP contribution in [0.1, 0.15) is 27.9 Å². The van der Waals surface area contributed by atoms with Crippen LogP contribution in [0.2, 0.25) is 0 Å². The highest BCUT2D eigenvalue weighted by atomic mass is 32.2. The molecule has 0 aliphatic carbocycles. The highest BCUT2D eigenvalue weighted by molar-refractivity contribution is 7.92. The van der Waals surface area contributed by atoms with Gasteiger partial charge >= 0.3 is 0 Å². The van der Waals surface area contributed by atoms with Gasteiger partial charge < -0.3 is 10.2 Å². The van der Waals surface area contributed by atoms with Gasteiger partial charge in [0.2, 0.25) is 0 Å². The van der Waals surface area contributed by atoms with Crippen molar-refractivity contribution in [1.82, 2.24) is 4.90 Å². The van der Waals surface area contributed by atoms with Gasteiger partial charge in [0.1, 0.15) is 0 Å². The van der Waals surface area contributed by atoms with E-state index < -0.39 is 10.0 Å². The molecule has 1 heterocycles. The fourth-order valence-electron chi connectivity index (χ4n) is 3.96. The van der Waals surface area contributed by atoms with Gasteiger partial charge in [-0.2, -0.15) is 0 Å². The molecule has 1 aliphatic rings. The second-order valence-corrected chi connectivity index (χ2v) is 9.82. The van der Waals surface area contributed by atoms with E-state index >= 15 is 0 Å². The molecule has 1 unspecified atom stereocenters. The summed E-state index contributed by atoms with van der Waals surface area (Å²) < 4.78 is 28.8. The van der Waals surface area contributed by atoms with Gasteiger partial charge in [0.25, 0.3) is 15.9 Å². The van der Waals surface area contributed by atoms with E-state index in [1.54, 1.807) is 48.2 Å². The lowest BCUT2D eigenvalue weighted by atomic mass is 10.1. The lowest BCUT2D eigenvalue weighted by Gasteiger charge is -2.20. The Labute approximate surface area is 189 Å². The molecule has 166 valence electrons. The third kappa shape index (κ3) is 4.78. The molecular weight excluding hydrogens is 422 g/mol. The standard InChI is InChI=1S/C25H27N3O3S/c1-18-12-13-19(2)24(16-18)32(30,31)27-23-11-7-6-10-22(23)25(29)28-15-14-21(17-28)26-20-8-4-3-5-9-20/h3-13,16,21,26-27H,14-15,17H2,1-2H3. The molecule has 0 spiro atoms. The summed E-state index contributed by atoms with van der Waals surface area (Å²) >= 11 is 0. The van der Waals surface area contributed by atoms with Crippen molar-refractivity contribution in [2.24, 2.45) is 0 Å². The first-order chi connectivity index (χ1) is 15.3. The largest absolute Gasteiger partial charge is 0.380 e. The van der Waals surface area contributed by atoms with Crippen molar-refractivity contribution < 1.29 is 13.2 Å². The maximum Gasteiger partial charge on any atom is 0.262 e. The number of nitrogens with one attached hydrogen (secondary N) is 2. The van der Waals surface area contributed by atoms with E-state index in [0.717, 1.165) is 17.7 Å². The lowest BCUT2D eigenvalue weighted by Crippen LogP contribution is -2.32. The zero-order chi connectivity index (χ0) is 22.7. The first-order valence-corrected chi connectivity index (χ1v) is 12.1. The van der Waals surface area contributed by atoms with Crippen LogP contribution in [0.5, 0.6) is 0 Å². The Kier molecular flexibility index (Phi) is 6.19. The number of carbonyl (C=O) groups excluding carboxylic acids is 1. The number of amides is 1. The summed E-state index contributed by atoms with van der Waals surface area (Å²) in [4.78, 5) is 15.3. The van der Waals surface area contributed by atoms with Gasteiger partial charge in [-0.1, -0.05) is 42.5 Å². The molecule has 6 nitrogen and oxygen atoms in total. The van der Waals surface area contributed by atoms with Crippen molar-refractivity contribution >= 4 is 27.3 Å². The van der Waals surface area contributed by atoms with Crippen LogP contribution in [0, 0.1) is 13.8 Å². The van der Waals surface area contributed by atoms with Crippen LogP contribution in [0.25, 0.3) is 0 Å². The number of benzene rings is 3. The number of carbonyl (C=O) groups is 1. The molecule has 1 aliphatic heterocycles. The van der Waals surface area contributed by atoms with Gasteiger partial charge in [-0.05, 0) is 61.7 Å². The van der Waals surface area contributed by atoms with E-state index in [-0.39, 0.29) is 22.5 Å². The van der Waals surface area contributed by atoms with Crippen LogP contribution in [0.4, 0.5) is 11.4 Å². The average molecular weight is 450 g/mol. The Balaban J connectivity index is 1.52. The summed E-state index contributed by atoms with van der Waals surface area (Å²) in [6, 6.07) is 22.1. The van der Waals surface area contributed by atoms with Gasteiger partial charge in [0, 0.05) is 24.8 Å². The molecule has 0 saturated carbocycles. The Morgan fingerprint density at radius 3 is 2.47 bits per heavy atom. The Morgan fingerprint density at radius 1 is 0.969 bits per heavy atom. The molecule has 0 aromatic heterocycles. The maximum atomic E-state index is 13.3. The fourth-order valence-corrected chi connectivity index (χ4v) is 5.37. The molecule has 0 bridgehead atoms. The molecule has 4 rings (SSSR count). The van der Waals surface area contributed by atoms with Gasteiger partial charge in [-0.25, -0.2) is 8.42 Å². The van der Waals surface area contributed by atoms with Crippen LogP contribution in [0.15, 0.2) is 77.7 Å². The van der Waals surface area contributed by atoms with Crippen LogP contribution < -0.4 is 10.0 Å². The van der Waals surface area contributed by atoms with Crippen molar-refractivity contribution in [2.45, 2.75) is 31.2 Å². The predicted molar refractivity (Wildman–Crippen MR) is 128 cm³/mol. The van der Waals surface area contributed by atoms with E-state index in [9.17, 15) is 13.2 Å². The second-order valence-electron chi connectivity index (χ2n) is 8.17. The Bertz CT molecular complexity index is 1230. The van der Waals surface area contributed by atoms with Crippen molar-refractivity contribution in [3.8, 4) is 0 Å². The number of hydrogen-bond acceptors (Lipinski definition) is 4. The van der Waals surface area contributed by atoms with Crippen molar-refractivity contribution in [3.05, 3.63) is 89.5 Å². The minimum atomic E-state index is -3.83. The van der Waals surface area contributed by atoms with Crippen LogP contribution in [0.3, 0.4) is 0 Å². The molecular formula is C25H27N3O3S. The predicted octanol–water partition coefficient (Wildman–Crippen LogP) is 4.43. The molecule has 3 aromatic carbocycles. The van der Waals surface area contributed by atoms with Crippen LogP contribution in [-0.2, 0) is 10.0 Å². The number of likely N-dealkylation sites (tertiary alicyclic amines) is 1. The summed E-state index contributed by atoms with van der Waals surface area (Å²) in [6.07, 6.45) is 0.830. The minimum absolute atomic E-state index is 0.153. The number of sulfonamides is 1. The van der Waals surface area contributed by atoms with Gasteiger partial charge in [-0.15, -0.1) is 0 Å². The number of para-hydroxylation sites is 2. The number of anilines is 2. The van der Waals surface area contributed by atoms with Crippen LogP contribution in [-0.4, -0.2) is 38.4 Å². The number of nitrogens with zero attached hydrogens (tertiary/aromatic N) is 1. The van der Waals surface area contributed by atoms with E-state index in [1.165, 1.54) is 0 Å². The normalized spacial score (nSPS) is 16.1. The summed E-state index contributed by atoms with van der Waals surface area (Å²) in [7, 11) is -3.83. The van der Waals surface area contributed by atoms with E-state index in [0.29, 0.717) is 24.2 Å². The molecule has 0 radical (unpaired) electrons. The summed E-state index contributed by atoms with van der Waals surface area (Å²) in [5.41, 5.74) is 3.17. The first-order valence-electron chi connectivity index (χ1n) is 10.6. The molecule has 1 atom stereocenters. The zero-order valence-corrected chi connectivity index (χ0v) is 19.0. The third-order valence-corrected chi connectivity index (χ3v) is 7.16. The second kappa shape index (κ2) is 9.04. The number of aryl methyl sites for hydroxylation is 2. The smallest absolute Gasteiger partial charge is 0.262 e. The van der Waals surface area contributed by atoms with Crippen molar-refractivity contribution in [3.63, 3.8) is 0 Å². The molecule has 32 heavy (non-hydrogen) atoms. The lowest BCUT2D eigenvalue weighted by molar-refractivity contribution is 0.0792. The quantitative estimate of drug-likeness (QED) is 0.584. The highest BCUT2D eigenvalue weighted by Gasteiger charge is 2.29. The summed E-state index contributed by atoms with van der Waals surface area (Å²) in [5.74, 6) is -0.179. The maximum absolute atomic E-state index is 13.3. The SMILES string of the molecule is Cc1ccc(C)c(S(=O)(=O)Nc2ccccc2C(=O)N2CCC(Nc3ccccc3)C2)c1. The number of rotatable bonds is 6. The highest BCUT2D eigenvalue weighted by Crippen LogP contribution is 2.25. The van der Waals surface area contributed by atoms with Gasteiger partial charge in [0.15, 0.2) is 0 Å². The van der Waals surface area contributed by atoms with E-state index in [1.807, 2.05) is 43.3 Å². The third-order valence-electron chi connectivity index (χ3n) is 5.66. The van der Waals surface area contributed by atoms with Gasteiger partial charge in [-0.3, -0.25) is 9.52 Å². The van der Waals surface area contributed by atoms with Crippen molar-refractivity contribution in [1.29, 1.82) is 0 Å². The van der Waals surface area contributed by atoms with E-state index in [4.69, 9.17) is 0 Å². The van der Waals surface area contributed by atoms with Crippen LogP contribution >= 0.6 is 0 Å². The molecule has 7 heteroatoms. The molecule has 1 fully saturated rings. The molecule has 2 N–H and O–H groups in total. The summed E-state index contributed by atoms with van der Waals surface area (Å²) in [6.45, 7) is 4.78. The van der Waals surface area contributed by atoms with E-state index in [2.05, 4.69) is 10.0 Å². The van der Waals surface area contributed by atoms with Gasteiger partial charge in [0.05, 0.1) is 16.1 Å². The summed E-state index contributed by atoms with van der Waals surface area (Å²) in [5, 5.41) is 3.46. The molecule has 3 aromatic rings. The average Bonchev–Trinajstić information content (AvgIpc) is 3.24. The first kappa shape index (κ1) is 21.9. The monoisotopic (exact) mass is 449 g/mol. The topological polar surface area (TPSA) is 78.5 Å². The minimum Gasteiger partial charge on any atom is -0.380 e. The Hall–Kier alpha value is -3.32. The fraction of sp³-hybridized carbons (Fsp3) is 0.240. The van der Waals surface area contributed by atoms with Crippen molar-refractivity contribution in [2.75, 3.05) is 23.1 Å². The molecule has 1 amide bonds. The number of hydrogen-bond donors (Lipinski definition) is 2. The Morgan fingerprint density at radius 2 is 1.69 bits per heavy atom. The zero-order valence-electron chi connectivity index (χ0n) is 18.2. The molecule has 1 saturated heterocycles.